The number of hydrogen-bond acceptors (Lipinski definition) is 0. The fourth-order valence-electron chi connectivity index (χ4n) is 1.77. The van der Waals surface area contributed by atoms with E-state index in [9.17, 15) is 4.39 Å². The maximum absolute atomic E-state index is 12.8. The molecule has 2 aromatic rings. The van der Waals surface area contributed by atoms with E-state index in [1.165, 1.54) is 5.56 Å². The van der Waals surface area contributed by atoms with E-state index in [0.717, 1.165) is 16.7 Å². The predicted molar refractivity (Wildman–Crippen MR) is 61.4 cm³/mol. The van der Waals surface area contributed by atoms with E-state index in [0.29, 0.717) is 0 Å². The summed E-state index contributed by atoms with van der Waals surface area (Å²) in [6, 6.07) is 15.7. The number of hydrogen-bond donors (Lipinski definition) is 0. The second kappa shape index (κ2) is 4.26. The molecule has 0 N–H and O–H groups in total. The molecular formula is C14H13F. The van der Waals surface area contributed by atoms with Crippen LogP contribution in [-0.4, -0.2) is 0 Å². The molecule has 0 saturated carbocycles. The van der Waals surface area contributed by atoms with Crippen LogP contribution in [0.2, 0.25) is 0 Å². The SMILES string of the molecule is Cc1ccccc1-c1ccccc1CF. The zero-order chi connectivity index (χ0) is 10.7. The molecule has 0 heterocycles. The minimum Gasteiger partial charge on any atom is -0.246 e. The van der Waals surface area contributed by atoms with Crippen molar-refractivity contribution in [2.24, 2.45) is 0 Å². The van der Waals surface area contributed by atoms with Crippen molar-refractivity contribution in [3.8, 4) is 11.1 Å². The van der Waals surface area contributed by atoms with Gasteiger partial charge in [0.1, 0.15) is 6.67 Å². The molecule has 15 heavy (non-hydrogen) atoms. The number of aryl methyl sites for hydroxylation is 1. The molecule has 0 spiro atoms. The Morgan fingerprint density at radius 1 is 0.867 bits per heavy atom. The van der Waals surface area contributed by atoms with Gasteiger partial charge in [0.25, 0.3) is 0 Å². The van der Waals surface area contributed by atoms with Crippen LogP contribution in [0.25, 0.3) is 11.1 Å². The summed E-state index contributed by atoms with van der Waals surface area (Å²) >= 11 is 0. The molecule has 0 aromatic heterocycles. The third-order valence-corrected chi connectivity index (χ3v) is 2.60. The maximum Gasteiger partial charge on any atom is 0.115 e. The van der Waals surface area contributed by atoms with Gasteiger partial charge < -0.3 is 0 Å². The average Bonchev–Trinajstić information content (AvgIpc) is 2.30. The summed E-state index contributed by atoms with van der Waals surface area (Å²) in [5.74, 6) is 0. The Morgan fingerprint density at radius 2 is 1.47 bits per heavy atom. The standard InChI is InChI=1S/C14H13F/c1-11-6-2-4-8-13(11)14-9-5-3-7-12(14)10-15/h2-9H,10H2,1H3. The highest BCUT2D eigenvalue weighted by Gasteiger charge is 2.05. The summed E-state index contributed by atoms with van der Waals surface area (Å²) in [4.78, 5) is 0. The molecule has 76 valence electrons. The summed E-state index contributed by atoms with van der Waals surface area (Å²) < 4.78 is 12.8. The lowest BCUT2D eigenvalue weighted by Gasteiger charge is -2.09. The second-order valence-electron chi connectivity index (χ2n) is 3.61. The van der Waals surface area contributed by atoms with Crippen LogP contribution in [0.3, 0.4) is 0 Å². The lowest BCUT2D eigenvalue weighted by atomic mass is 9.97. The Bertz CT molecular complexity index is 460. The smallest absolute Gasteiger partial charge is 0.115 e. The highest BCUT2D eigenvalue weighted by atomic mass is 19.1. The van der Waals surface area contributed by atoms with E-state index in [2.05, 4.69) is 0 Å². The van der Waals surface area contributed by atoms with Crippen LogP contribution in [0.5, 0.6) is 0 Å². The van der Waals surface area contributed by atoms with Crippen LogP contribution in [0.1, 0.15) is 11.1 Å². The molecule has 1 heteroatoms. The first-order chi connectivity index (χ1) is 7.33. The van der Waals surface area contributed by atoms with Gasteiger partial charge in [0, 0.05) is 0 Å². The molecule has 2 rings (SSSR count). The Kier molecular flexibility index (Phi) is 2.82. The van der Waals surface area contributed by atoms with Gasteiger partial charge in [-0.05, 0) is 29.2 Å². The Morgan fingerprint density at radius 3 is 2.13 bits per heavy atom. The van der Waals surface area contributed by atoms with E-state index in [1.54, 1.807) is 0 Å². The first-order valence-electron chi connectivity index (χ1n) is 5.03. The van der Waals surface area contributed by atoms with Gasteiger partial charge in [0.2, 0.25) is 0 Å². The summed E-state index contributed by atoms with van der Waals surface area (Å²) in [7, 11) is 0. The zero-order valence-electron chi connectivity index (χ0n) is 8.70. The number of alkyl halides is 1. The molecule has 0 radical (unpaired) electrons. The van der Waals surface area contributed by atoms with Crippen molar-refractivity contribution in [2.45, 2.75) is 13.6 Å². The van der Waals surface area contributed by atoms with Crippen LogP contribution >= 0.6 is 0 Å². The first kappa shape index (κ1) is 9.91. The maximum atomic E-state index is 12.8. The van der Waals surface area contributed by atoms with Gasteiger partial charge in [-0.3, -0.25) is 0 Å². The Hall–Kier alpha value is -1.63. The Balaban J connectivity index is 2.59. The minimum atomic E-state index is -0.412. The molecule has 0 aliphatic heterocycles. The van der Waals surface area contributed by atoms with Crippen molar-refractivity contribution >= 4 is 0 Å². The van der Waals surface area contributed by atoms with Gasteiger partial charge >= 0.3 is 0 Å². The molecule has 0 saturated heterocycles. The molecule has 0 aliphatic carbocycles. The summed E-state index contributed by atoms with van der Waals surface area (Å²) in [6.07, 6.45) is 0. The Labute approximate surface area is 89.4 Å². The first-order valence-corrected chi connectivity index (χ1v) is 5.03. The zero-order valence-corrected chi connectivity index (χ0v) is 8.70. The van der Waals surface area contributed by atoms with Crippen LogP contribution < -0.4 is 0 Å². The fraction of sp³-hybridized carbons (Fsp3) is 0.143. The molecule has 0 aliphatic rings. The van der Waals surface area contributed by atoms with E-state index < -0.39 is 6.67 Å². The molecule has 0 fully saturated rings. The van der Waals surface area contributed by atoms with Crippen LogP contribution in [0, 0.1) is 6.92 Å². The lowest BCUT2D eigenvalue weighted by molar-refractivity contribution is 0.486. The van der Waals surface area contributed by atoms with Crippen molar-refractivity contribution in [2.75, 3.05) is 0 Å². The quantitative estimate of drug-likeness (QED) is 0.683. The van der Waals surface area contributed by atoms with E-state index in [1.807, 2.05) is 55.5 Å². The van der Waals surface area contributed by atoms with Crippen LogP contribution in [0.15, 0.2) is 48.5 Å². The predicted octanol–water partition coefficient (Wildman–Crippen LogP) is 4.13. The van der Waals surface area contributed by atoms with Crippen molar-refractivity contribution in [1.29, 1.82) is 0 Å². The average molecular weight is 200 g/mol. The summed E-state index contributed by atoms with van der Waals surface area (Å²) in [5, 5.41) is 0. The topological polar surface area (TPSA) is 0 Å². The second-order valence-corrected chi connectivity index (χ2v) is 3.61. The van der Waals surface area contributed by atoms with Crippen molar-refractivity contribution in [3.05, 3.63) is 59.7 Å². The number of rotatable bonds is 2. The molecule has 0 amide bonds. The fourth-order valence-corrected chi connectivity index (χ4v) is 1.77. The normalized spacial score (nSPS) is 10.3. The third-order valence-electron chi connectivity index (χ3n) is 2.60. The summed E-state index contributed by atoms with van der Waals surface area (Å²) in [5.41, 5.74) is 4.05. The van der Waals surface area contributed by atoms with Crippen molar-refractivity contribution in [1.82, 2.24) is 0 Å². The van der Waals surface area contributed by atoms with Crippen LogP contribution in [-0.2, 0) is 6.67 Å². The molecule has 0 unspecified atom stereocenters. The van der Waals surface area contributed by atoms with Gasteiger partial charge in [-0.15, -0.1) is 0 Å². The van der Waals surface area contributed by atoms with Crippen molar-refractivity contribution < 1.29 is 4.39 Å². The largest absolute Gasteiger partial charge is 0.246 e. The molecular weight excluding hydrogens is 187 g/mol. The lowest BCUT2D eigenvalue weighted by Crippen LogP contribution is -1.88. The molecule has 0 atom stereocenters. The van der Waals surface area contributed by atoms with Gasteiger partial charge in [-0.25, -0.2) is 4.39 Å². The molecule has 0 nitrogen and oxygen atoms in total. The van der Waals surface area contributed by atoms with Gasteiger partial charge in [0.05, 0.1) is 0 Å². The van der Waals surface area contributed by atoms with Gasteiger partial charge in [-0.1, -0.05) is 48.5 Å². The van der Waals surface area contributed by atoms with E-state index in [4.69, 9.17) is 0 Å². The van der Waals surface area contributed by atoms with Gasteiger partial charge in [0.15, 0.2) is 0 Å². The third kappa shape index (κ3) is 1.91. The van der Waals surface area contributed by atoms with Crippen LogP contribution in [0.4, 0.5) is 4.39 Å². The summed E-state index contributed by atoms with van der Waals surface area (Å²) in [6.45, 7) is 1.63. The number of benzene rings is 2. The monoisotopic (exact) mass is 200 g/mol. The van der Waals surface area contributed by atoms with Crippen molar-refractivity contribution in [3.63, 3.8) is 0 Å². The highest BCUT2D eigenvalue weighted by molar-refractivity contribution is 5.70. The van der Waals surface area contributed by atoms with Gasteiger partial charge in [-0.2, -0.15) is 0 Å². The molecule has 0 bridgehead atoms. The van der Waals surface area contributed by atoms with E-state index in [-0.39, 0.29) is 0 Å². The minimum absolute atomic E-state index is 0.412. The van der Waals surface area contributed by atoms with E-state index >= 15 is 0 Å². The highest BCUT2D eigenvalue weighted by Crippen LogP contribution is 2.26. The molecule has 2 aromatic carbocycles. The number of halogens is 1.